The Kier molecular flexibility index (Phi) is 6.36. The van der Waals surface area contributed by atoms with Gasteiger partial charge in [-0.2, -0.15) is 0 Å². The summed E-state index contributed by atoms with van der Waals surface area (Å²) in [6, 6.07) is 0. The minimum atomic E-state index is -0.741. The van der Waals surface area contributed by atoms with Crippen LogP contribution in [0.1, 0.15) is 77.4 Å². The van der Waals surface area contributed by atoms with Gasteiger partial charge in [0.15, 0.2) is 35.1 Å². The molecule has 2 aliphatic heterocycles. The topological polar surface area (TPSA) is 112 Å². The molecule has 35 heavy (non-hydrogen) atoms. The first-order chi connectivity index (χ1) is 17.2. The molecule has 1 spiro atoms. The van der Waals surface area contributed by atoms with Gasteiger partial charge in [-0.15, -0.1) is 0 Å². The van der Waals surface area contributed by atoms with Crippen molar-refractivity contribution < 1.29 is 19.0 Å². The maximum Gasteiger partial charge on any atom is 0.252 e. The zero-order chi connectivity index (χ0) is 23.8. The Balaban J connectivity index is 1.27. The molecule has 6 rings (SSSR count). The van der Waals surface area contributed by atoms with Gasteiger partial charge in [-0.3, -0.25) is 9.36 Å². The standard InChI is InChI=1S/C25H36N6O4/c1-2-26-23(32)19-18-20(35-25(34-18)11-7-4-8-12-25)24(33-19)31-15-30-17-21(28-14-29-22(17)31)27-13-16-9-5-3-6-10-16/h14-16,18-20,24H,2-13H2,1H3,(H,26,32)(H,27,28,29)/t18?,19-,20?,24+/m0/s1. The van der Waals surface area contributed by atoms with Gasteiger partial charge in [0.05, 0.1) is 6.33 Å². The Morgan fingerprint density at radius 1 is 1.06 bits per heavy atom. The number of rotatable bonds is 6. The van der Waals surface area contributed by atoms with Crippen LogP contribution in [0.2, 0.25) is 0 Å². The van der Waals surface area contributed by atoms with Crippen molar-refractivity contribution in [2.45, 2.75) is 101 Å². The predicted molar refractivity (Wildman–Crippen MR) is 129 cm³/mol. The molecule has 2 unspecified atom stereocenters. The third kappa shape index (κ3) is 4.29. The lowest BCUT2D eigenvalue weighted by Crippen LogP contribution is -2.43. The van der Waals surface area contributed by atoms with Crippen LogP contribution < -0.4 is 10.6 Å². The van der Waals surface area contributed by atoms with Gasteiger partial charge in [0.2, 0.25) is 0 Å². The first-order valence-corrected chi connectivity index (χ1v) is 13.4. The smallest absolute Gasteiger partial charge is 0.252 e. The van der Waals surface area contributed by atoms with Crippen LogP contribution in [0.5, 0.6) is 0 Å². The second-order valence-electron chi connectivity index (χ2n) is 10.4. The van der Waals surface area contributed by atoms with E-state index in [9.17, 15) is 4.79 Å². The molecule has 0 bridgehead atoms. The number of carbonyl (C=O) groups is 1. The SMILES string of the molecule is CCNC(=O)[C@H]1O[C@@H](n2cnc3c(NCC4CCCCC4)ncnc32)C2OC3(CCCCC3)OC21. The molecule has 10 nitrogen and oxygen atoms in total. The van der Waals surface area contributed by atoms with E-state index in [0.717, 1.165) is 38.0 Å². The number of hydrogen-bond donors (Lipinski definition) is 2. The number of amides is 1. The minimum absolute atomic E-state index is 0.171. The van der Waals surface area contributed by atoms with E-state index >= 15 is 0 Å². The van der Waals surface area contributed by atoms with E-state index in [0.29, 0.717) is 23.6 Å². The minimum Gasteiger partial charge on any atom is -0.368 e. The second kappa shape index (κ2) is 9.63. The van der Waals surface area contributed by atoms with E-state index in [1.54, 1.807) is 12.7 Å². The average Bonchev–Trinajstić information content (AvgIpc) is 3.56. The van der Waals surface area contributed by atoms with Gasteiger partial charge in [0, 0.05) is 25.9 Å². The molecule has 4 heterocycles. The zero-order valence-electron chi connectivity index (χ0n) is 20.4. The number of nitrogens with zero attached hydrogens (tertiary/aromatic N) is 4. The molecular formula is C25H36N6O4. The maximum absolute atomic E-state index is 12.9. The summed E-state index contributed by atoms with van der Waals surface area (Å²) in [7, 11) is 0. The van der Waals surface area contributed by atoms with Gasteiger partial charge in [0.1, 0.15) is 18.5 Å². The molecule has 4 atom stereocenters. The van der Waals surface area contributed by atoms with E-state index in [1.807, 2.05) is 11.5 Å². The van der Waals surface area contributed by atoms with Crippen LogP contribution in [0.3, 0.4) is 0 Å². The Hall–Kier alpha value is -2.30. The molecule has 4 fully saturated rings. The summed E-state index contributed by atoms with van der Waals surface area (Å²) in [5, 5.41) is 6.40. The van der Waals surface area contributed by atoms with Gasteiger partial charge >= 0.3 is 0 Å². The molecule has 0 radical (unpaired) electrons. The second-order valence-corrected chi connectivity index (χ2v) is 10.4. The van der Waals surface area contributed by atoms with Crippen molar-refractivity contribution in [3.05, 3.63) is 12.7 Å². The summed E-state index contributed by atoms with van der Waals surface area (Å²) in [6.45, 7) is 3.32. The molecule has 2 aliphatic carbocycles. The molecule has 2 saturated carbocycles. The lowest BCUT2D eigenvalue weighted by Gasteiger charge is -2.34. The summed E-state index contributed by atoms with van der Waals surface area (Å²) in [6.07, 6.45) is 12.6. The largest absolute Gasteiger partial charge is 0.368 e. The predicted octanol–water partition coefficient (Wildman–Crippen LogP) is 3.30. The first kappa shape index (κ1) is 23.1. The number of aromatic nitrogens is 4. The number of hydrogen-bond acceptors (Lipinski definition) is 8. The van der Waals surface area contributed by atoms with Crippen LogP contribution in [-0.2, 0) is 19.0 Å². The number of imidazole rings is 1. The fourth-order valence-corrected chi connectivity index (χ4v) is 6.25. The zero-order valence-corrected chi connectivity index (χ0v) is 20.4. The number of likely N-dealkylation sites (N-methyl/N-ethyl adjacent to an activating group) is 1. The molecule has 1 amide bonds. The summed E-state index contributed by atoms with van der Waals surface area (Å²) in [5.41, 5.74) is 1.37. The van der Waals surface area contributed by atoms with Crippen molar-refractivity contribution in [2.75, 3.05) is 18.4 Å². The summed E-state index contributed by atoms with van der Waals surface area (Å²) in [5.74, 6) is 0.610. The van der Waals surface area contributed by atoms with Crippen LogP contribution in [0.4, 0.5) is 5.82 Å². The Bertz CT molecular complexity index is 1050. The number of nitrogens with one attached hydrogen (secondary N) is 2. The number of carbonyl (C=O) groups excluding carboxylic acids is 1. The highest BCUT2D eigenvalue weighted by Crippen LogP contribution is 2.49. The highest BCUT2D eigenvalue weighted by atomic mass is 16.8. The molecule has 10 heteroatoms. The summed E-state index contributed by atoms with van der Waals surface area (Å²) >= 11 is 0. The molecular weight excluding hydrogens is 448 g/mol. The molecule has 190 valence electrons. The lowest BCUT2D eigenvalue weighted by atomic mass is 9.89. The van der Waals surface area contributed by atoms with Gasteiger partial charge in [-0.05, 0) is 38.5 Å². The van der Waals surface area contributed by atoms with Crippen LogP contribution in [0, 0.1) is 5.92 Å². The van der Waals surface area contributed by atoms with E-state index < -0.39 is 30.3 Å². The maximum atomic E-state index is 12.9. The number of ether oxygens (including phenoxy) is 3. The van der Waals surface area contributed by atoms with Crippen molar-refractivity contribution in [3.63, 3.8) is 0 Å². The van der Waals surface area contributed by atoms with Gasteiger partial charge in [-0.25, -0.2) is 15.0 Å². The highest BCUT2D eigenvalue weighted by Gasteiger charge is 2.60. The number of anilines is 1. The first-order valence-electron chi connectivity index (χ1n) is 13.4. The van der Waals surface area contributed by atoms with Crippen molar-refractivity contribution >= 4 is 22.9 Å². The monoisotopic (exact) mass is 484 g/mol. The van der Waals surface area contributed by atoms with E-state index in [2.05, 4.69) is 25.6 Å². The Morgan fingerprint density at radius 3 is 2.63 bits per heavy atom. The van der Waals surface area contributed by atoms with Crippen molar-refractivity contribution in [2.24, 2.45) is 5.92 Å². The quantitative estimate of drug-likeness (QED) is 0.642. The normalized spacial score (nSPS) is 30.5. The molecule has 2 N–H and O–H groups in total. The van der Waals surface area contributed by atoms with Crippen LogP contribution in [0.15, 0.2) is 12.7 Å². The highest BCUT2D eigenvalue weighted by molar-refractivity contribution is 5.83. The molecule has 2 aromatic rings. The molecule has 0 aromatic carbocycles. The third-order valence-corrected chi connectivity index (χ3v) is 8.03. The molecule has 4 aliphatic rings. The van der Waals surface area contributed by atoms with Crippen LogP contribution >= 0.6 is 0 Å². The summed E-state index contributed by atoms with van der Waals surface area (Å²) < 4.78 is 21.2. The average molecular weight is 485 g/mol. The Labute approximate surface area is 205 Å². The lowest BCUT2D eigenvalue weighted by molar-refractivity contribution is -0.229. The molecule has 2 aromatic heterocycles. The van der Waals surface area contributed by atoms with E-state index in [1.165, 1.54) is 38.5 Å². The van der Waals surface area contributed by atoms with E-state index in [4.69, 9.17) is 14.2 Å². The fraction of sp³-hybridized carbons (Fsp3) is 0.760. The Morgan fingerprint density at radius 2 is 1.83 bits per heavy atom. The fourth-order valence-electron chi connectivity index (χ4n) is 6.25. The number of fused-ring (bicyclic) bond motifs is 2. The van der Waals surface area contributed by atoms with Crippen molar-refractivity contribution in [3.8, 4) is 0 Å². The third-order valence-electron chi connectivity index (χ3n) is 8.03. The van der Waals surface area contributed by atoms with Gasteiger partial charge in [0.25, 0.3) is 5.91 Å². The van der Waals surface area contributed by atoms with E-state index in [-0.39, 0.29) is 5.91 Å². The molecule has 2 saturated heterocycles. The van der Waals surface area contributed by atoms with Crippen molar-refractivity contribution in [1.82, 2.24) is 24.8 Å². The van der Waals surface area contributed by atoms with Gasteiger partial charge < -0.3 is 24.8 Å². The van der Waals surface area contributed by atoms with Crippen LogP contribution in [0.25, 0.3) is 11.2 Å². The van der Waals surface area contributed by atoms with Crippen LogP contribution in [-0.4, -0.2) is 62.6 Å². The summed E-state index contributed by atoms with van der Waals surface area (Å²) in [4.78, 5) is 26.6. The van der Waals surface area contributed by atoms with Crippen molar-refractivity contribution in [1.29, 1.82) is 0 Å². The van der Waals surface area contributed by atoms with Gasteiger partial charge in [-0.1, -0.05) is 25.7 Å².